The van der Waals surface area contributed by atoms with E-state index in [9.17, 15) is 15.3 Å². The molecule has 5 N–H and O–H groups in total. The zero-order valence-corrected chi connectivity index (χ0v) is 12.4. The molecule has 1 aromatic rings. The van der Waals surface area contributed by atoms with E-state index in [1.807, 2.05) is 24.3 Å². The Bertz CT molecular complexity index is 454. The predicted octanol–water partition coefficient (Wildman–Crippen LogP) is 0.569. The molecule has 1 heterocycles. The average Bonchev–Trinajstić information content (AvgIpc) is 2.40. The second-order valence-electron chi connectivity index (χ2n) is 4.26. The van der Waals surface area contributed by atoms with Gasteiger partial charge >= 0.3 is 0 Å². The quantitative estimate of drug-likeness (QED) is 0.606. The Balaban J connectivity index is 2.03. The van der Waals surface area contributed by atoms with Crippen molar-refractivity contribution in [2.75, 3.05) is 5.75 Å². The zero-order chi connectivity index (χ0) is 14.0. The Kier molecular flexibility index (Phi) is 5.10. The summed E-state index contributed by atoms with van der Waals surface area (Å²) in [4.78, 5) is 1.31. The standard InChI is InChI=1S/C12H15NO3S3/c13-11(17)6-1-3-7(4-2-6)19-12-10(16)9(15)8(14)5-18-12/h1-4,8-10,12,14-16H,5H2,(H2,13,17)/t8-,9-,10+,12+/m0/s1. The van der Waals surface area contributed by atoms with Crippen LogP contribution in [0.1, 0.15) is 5.56 Å². The molecule has 2 rings (SSSR count). The predicted molar refractivity (Wildman–Crippen MR) is 82.5 cm³/mol. The molecule has 0 amide bonds. The van der Waals surface area contributed by atoms with E-state index in [0.29, 0.717) is 10.7 Å². The maximum absolute atomic E-state index is 9.92. The van der Waals surface area contributed by atoms with Crippen molar-refractivity contribution in [1.82, 2.24) is 0 Å². The first-order valence-corrected chi connectivity index (χ1v) is 8.05. The fraction of sp³-hybridized carbons (Fsp3) is 0.417. The molecule has 4 atom stereocenters. The molecular weight excluding hydrogens is 302 g/mol. The minimum absolute atomic E-state index is 0.200. The van der Waals surface area contributed by atoms with Crippen molar-refractivity contribution >= 4 is 40.7 Å². The second kappa shape index (κ2) is 6.43. The molecule has 0 saturated carbocycles. The number of rotatable bonds is 3. The Labute approximate surface area is 125 Å². The van der Waals surface area contributed by atoms with Gasteiger partial charge in [0.25, 0.3) is 0 Å². The van der Waals surface area contributed by atoms with Crippen LogP contribution in [-0.2, 0) is 0 Å². The van der Waals surface area contributed by atoms with E-state index in [1.54, 1.807) is 0 Å². The first-order chi connectivity index (χ1) is 8.99. The van der Waals surface area contributed by atoms with Crippen LogP contribution in [0.25, 0.3) is 0 Å². The first-order valence-electron chi connectivity index (χ1n) is 5.71. The summed E-state index contributed by atoms with van der Waals surface area (Å²) in [6, 6.07) is 7.42. The van der Waals surface area contributed by atoms with E-state index in [0.717, 1.165) is 10.5 Å². The highest BCUT2D eigenvalue weighted by molar-refractivity contribution is 8.17. The maximum atomic E-state index is 9.92. The Hall–Kier alpha value is -0.310. The SMILES string of the molecule is NC(=S)c1ccc(S[C@H]2SC[C@H](O)[C@H](O)[C@H]2O)cc1. The number of hydrogen-bond acceptors (Lipinski definition) is 6. The molecule has 104 valence electrons. The highest BCUT2D eigenvalue weighted by Gasteiger charge is 2.37. The lowest BCUT2D eigenvalue weighted by molar-refractivity contribution is -0.0474. The van der Waals surface area contributed by atoms with E-state index < -0.39 is 18.3 Å². The number of nitrogens with two attached hydrogens (primary N) is 1. The summed E-state index contributed by atoms with van der Waals surface area (Å²) in [7, 11) is 0. The van der Waals surface area contributed by atoms with Gasteiger partial charge in [-0.3, -0.25) is 0 Å². The molecule has 4 nitrogen and oxygen atoms in total. The summed E-state index contributed by atoms with van der Waals surface area (Å²) < 4.78 is -0.200. The largest absolute Gasteiger partial charge is 0.389 e. The number of aliphatic hydroxyl groups is 3. The van der Waals surface area contributed by atoms with Gasteiger partial charge < -0.3 is 21.1 Å². The van der Waals surface area contributed by atoms with Crippen LogP contribution in [0.2, 0.25) is 0 Å². The van der Waals surface area contributed by atoms with Gasteiger partial charge in [-0.25, -0.2) is 0 Å². The van der Waals surface area contributed by atoms with Crippen molar-refractivity contribution < 1.29 is 15.3 Å². The van der Waals surface area contributed by atoms with Crippen molar-refractivity contribution in [1.29, 1.82) is 0 Å². The van der Waals surface area contributed by atoms with Crippen molar-refractivity contribution in [2.45, 2.75) is 27.8 Å². The molecule has 1 aliphatic heterocycles. The summed E-state index contributed by atoms with van der Waals surface area (Å²) in [5.41, 5.74) is 6.32. The molecule has 1 fully saturated rings. The molecule has 0 unspecified atom stereocenters. The van der Waals surface area contributed by atoms with E-state index in [4.69, 9.17) is 18.0 Å². The smallest absolute Gasteiger partial charge is 0.108 e. The number of aliphatic hydroxyl groups excluding tert-OH is 3. The Morgan fingerprint density at radius 1 is 1.21 bits per heavy atom. The molecule has 1 aromatic carbocycles. The molecule has 0 aliphatic carbocycles. The normalized spacial score (nSPS) is 31.1. The third-order valence-electron chi connectivity index (χ3n) is 2.85. The van der Waals surface area contributed by atoms with Crippen molar-refractivity contribution in [3.63, 3.8) is 0 Å². The summed E-state index contributed by atoms with van der Waals surface area (Å²) in [6.07, 6.45) is -2.91. The third kappa shape index (κ3) is 3.62. The Morgan fingerprint density at radius 2 is 1.84 bits per heavy atom. The second-order valence-corrected chi connectivity index (χ2v) is 7.38. The fourth-order valence-electron chi connectivity index (χ4n) is 1.71. The van der Waals surface area contributed by atoms with Crippen LogP contribution in [0.15, 0.2) is 29.2 Å². The lowest BCUT2D eigenvalue weighted by atomic mass is 10.1. The summed E-state index contributed by atoms with van der Waals surface area (Å²) in [6.45, 7) is 0. The number of thioether (sulfide) groups is 2. The van der Waals surface area contributed by atoms with Crippen molar-refractivity contribution in [3.05, 3.63) is 29.8 Å². The highest BCUT2D eigenvalue weighted by Crippen LogP contribution is 2.38. The van der Waals surface area contributed by atoms with Crippen LogP contribution in [-0.4, -0.2) is 49.0 Å². The van der Waals surface area contributed by atoms with Crippen LogP contribution < -0.4 is 5.73 Å². The van der Waals surface area contributed by atoms with Gasteiger partial charge in [-0.15, -0.1) is 23.5 Å². The van der Waals surface area contributed by atoms with Crippen LogP contribution >= 0.6 is 35.7 Å². The number of benzene rings is 1. The summed E-state index contributed by atoms with van der Waals surface area (Å²) in [5.74, 6) is 0.418. The van der Waals surface area contributed by atoms with Crippen LogP contribution in [0, 0.1) is 0 Å². The zero-order valence-electron chi connectivity index (χ0n) is 9.97. The fourth-order valence-corrected chi connectivity index (χ4v) is 4.50. The van der Waals surface area contributed by atoms with E-state index in [-0.39, 0.29) is 4.58 Å². The number of hydrogen-bond donors (Lipinski definition) is 4. The van der Waals surface area contributed by atoms with Gasteiger partial charge in [0.15, 0.2) is 0 Å². The van der Waals surface area contributed by atoms with Gasteiger partial charge in [0.1, 0.15) is 17.2 Å². The van der Waals surface area contributed by atoms with E-state index >= 15 is 0 Å². The van der Waals surface area contributed by atoms with Crippen LogP contribution in [0.3, 0.4) is 0 Å². The van der Waals surface area contributed by atoms with Gasteiger partial charge in [0.2, 0.25) is 0 Å². The molecule has 0 radical (unpaired) electrons. The van der Waals surface area contributed by atoms with Crippen molar-refractivity contribution in [2.24, 2.45) is 5.73 Å². The average molecular weight is 317 g/mol. The van der Waals surface area contributed by atoms with E-state index in [1.165, 1.54) is 23.5 Å². The van der Waals surface area contributed by atoms with Crippen LogP contribution in [0.4, 0.5) is 0 Å². The minimum atomic E-state index is -1.09. The highest BCUT2D eigenvalue weighted by atomic mass is 32.2. The molecular formula is C12H15NO3S3. The monoisotopic (exact) mass is 317 g/mol. The van der Waals surface area contributed by atoms with Gasteiger partial charge in [-0.1, -0.05) is 24.4 Å². The van der Waals surface area contributed by atoms with Gasteiger partial charge in [0.05, 0.1) is 10.7 Å². The molecule has 0 aromatic heterocycles. The molecule has 7 heteroatoms. The van der Waals surface area contributed by atoms with Gasteiger partial charge in [0, 0.05) is 16.2 Å². The van der Waals surface area contributed by atoms with Gasteiger partial charge in [-0.05, 0) is 12.1 Å². The van der Waals surface area contributed by atoms with Crippen LogP contribution in [0.5, 0.6) is 0 Å². The molecule has 0 bridgehead atoms. The van der Waals surface area contributed by atoms with Crippen molar-refractivity contribution in [3.8, 4) is 0 Å². The Morgan fingerprint density at radius 3 is 2.42 bits per heavy atom. The summed E-state index contributed by atoms with van der Waals surface area (Å²) in [5, 5.41) is 29.0. The maximum Gasteiger partial charge on any atom is 0.108 e. The molecule has 1 saturated heterocycles. The molecule has 1 aliphatic rings. The number of thiocarbonyl (C=S) groups is 1. The first kappa shape index (κ1) is 15.1. The minimum Gasteiger partial charge on any atom is -0.389 e. The lowest BCUT2D eigenvalue weighted by Crippen LogP contribution is -2.47. The third-order valence-corrected chi connectivity index (χ3v) is 5.97. The molecule has 0 spiro atoms. The summed E-state index contributed by atoms with van der Waals surface area (Å²) >= 11 is 7.78. The lowest BCUT2D eigenvalue weighted by Gasteiger charge is -2.34. The topological polar surface area (TPSA) is 86.7 Å². The van der Waals surface area contributed by atoms with Gasteiger partial charge in [-0.2, -0.15) is 0 Å². The molecule has 19 heavy (non-hydrogen) atoms. The van der Waals surface area contributed by atoms with E-state index in [2.05, 4.69) is 0 Å².